The van der Waals surface area contributed by atoms with Crippen LogP contribution in [-0.4, -0.2) is 67.3 Å². The summed E-state index contributed by atoms with van der Waals surface area (Å²) in [5, 5.41) is 3.93. The number of aromatic amines is 1. The minimum atomic E-state index is -0.239. The number of urea groups is 1. The molecule has 1 aliphatic rings. The van der Waals surface area contributed by atoms with Crippen LogP contribution in [0.4, 0.5) is 10.5 Å². The van der Waals surface area contributed by atoms with Crippen molar-refractivity contribution >= 4 is 22.6 Å². The Labute approximate surface area is 205 Å². The van der Waals surface area contributed by atoms with Crippen LogP contribution in [0, 0.1) is 13.8 Å². The van der Waals surface area contributed by atoms with Gasteiger partial charge >= 0.3 is 6.03 Å². The molecule has 2 amide bonds. The lowest BCUT2D eigenvalue weighted by Crippen LogP contribution is -2.40. The van der Waals surface area contributed by atoms with Gasteiger partial charge in [-0.15, -0.1) is 0 Å². The number of hydrogen-bond acceptors (Lipinski definition) is 5. The number of pyridine rings is 1. The molecule has 0 bridgehead atoms. The fourth-order valence-corrected chi connectivity index (χ4v) is 4.33. The van der Waals surface area contributed by atoms with Crippen LogP contribution >= 0.6 is 0 Å². The number of carbonyl (C=O) groups is 1. The van der Waals surface area contributed by atoms with Gasteiger partial charge in [0.05, 0.1) is 32.4 Å². The lowest BCUT2D eigenvalue weighted by molar-refractivity contribution is 0.0365. The van der Waals surface area contributed by atoms with Crippen LogP contribution in [0.5, 0.6) is 5.75 Å². The molecule has 8 heteroatoms. The summed E-state index contributed by atoms with van der Waals surface area (Å²) in [6.45, 7) is 8.96. The predicted molar refractivity (Wildman–Crippen MR) is 138 cm³/mol. The molecule has 4 rings (SSSR count). The minimum Gasteiger partial charge on any atom is -0.497 e. The molecular formula is C27H34N4O4. The number of nitrogens with zero attached hydrogens (tertiary/aromatic N) is 2. The lowest BCUT2D eigenvalue weighted by Gasteiger charge is -2.28. The average Bonchev–Trinajstić information content (AvgIpc) is 2.87. The molecule has 0 saturated carbocycles. The van der Waals surface area contributed by atoms with E-state index in [1.54, 1.807) is 36.3 Å². The van der Waals surface area contributed by atoms with E-state index in [0.29, 0.717) is 17.8 Å². The van der Waals surface area contributed by atoms with Gasteiger partial charge in [0, 0.05) is 37.4 Å². The number of amides is 2. The van der Waals surface area contributed by atoms with Crippen LogP contribution in [0.1, 0.15) is 23.1 Å². The summed E-state index contributed by atoms with van der Waals surface area (Å²) in [7, 11) is 1.60. The van der Waals surface area contributed by atoms with Crippen molar-refractivity contribution in [3.05, 3.63) is 69.5 Å². The molecule has 2 heterocycles. The highest BCUT2D eigenvalue weighted by molar-refractivity contribution is 5.89. The van der Waals surface area contributed by atoms with Crippen molar-refractivity contribution in [1.82, 2.24) is 14.8 Å². The third-order valence-corrected chi connectivity index (χ3v) is 6.62. The van der Waals surface area contributed by atoms with Gasteiger partial charge in [0.15, 0.2) is 0 Å². The van der Waals surface area contributed by atoms with Crippen molar-refractivity contribution in [1.29, 1.82) is 0 Å². The Balaban J connectivity index is 1.52. The number of benzene rings is 2. The number of hydrogen-bond donors (Lipinski definition) is 2. The SMILES string of the molecule is COc1ccc(NC(=O)N(CCCN2CCOCC2)Cc2cc3ccc(C)c(C)c3[nH]c2=O)cc1. The number of aryl methyl sites for hydroxylation is 2. The first kappa shape index (κ1) is 24.8. The van der Waals surface area contributed by atoms with Gasteiger partial charge in [0.1, 0.15) is 5.75 Å². The van der Waals surface area contributed by atoms with Gasteiger partial charge in [-0.05, 0) is 67.1 Å². The molecule has 2 aromatic carbocycles. The Morgan fingerprint density at radius 1 is 1.14 bits per heavy atom. The second-order valence-corrected chi connectivity index (χ2v) is 8.98. The van der Waals surface area contributed by atoms with E-state index in [1.807, 2.05) is 26.0 Å². The molecule has 186 valence electrons. The van der Waals surface area contributed by atoms with E-state index in [0.717, 1.165) is 67.0 Å². The van der Waals surface area contributed by atoms with E-state index in [-0.39, 0.29) is 18.1 Å². The summed E-state index contributed by atoms with van der Waals surface area (Å²) < 4.78 is 10.6. The van der Waals surface area contributed by atoms with Gasteiger partial charge in [0.2, 0.25) is 0 Å². The summed E-state index contributed by atoms with van der Waals surface area (Å²) in [6, 6.07) is 12.9. The van der Waals surface area contributed by atoms with Crippen molar-refractivity contribution in [3.8, 4) is 5.75 Å². The molecule has 1 saturated heterocycles. The second kappa shape index (κ2) is 11.4. The smallest absolute Gasteiger partial charge is 0.322 e. The van der Waals surface area contributed by atoms with Crippen LogP contribution in [0.25, 0.3) is 10.9 Å². The third kappa shape index (κ3) is 6.21. The zero-order valence-electron chi connectivity index (χ0n) is 20.7. The number of fused-ring (bicyclic) bond motifs is 1. The second-order valence-electron chi connectivity index (χ2n) is 8.98. The van der Waals surface area contributed by atoms with Crippen LogP contribution in [-0.2, 0) is 11.3 Å². The van der Waals surface area contributed by atoms with E-state index in [2.05, 4.69) is 21.3 Å². The Kier molecular flexibility index (Phi) is 8.05. The summed E-state index contributed by atoms with van der Waals surface area (Å²) >= 11 is 0. The lowest BCUT2D eigenvalue weighted by atomic mass is 10.0. The fourth-order valence-electron chi connectivity index (χ4n) is 4.33. The average molecular weight is 479 g/mol. The molecular weight excluding hydrogens is 444 g/mol. The maximum absolute atomic E-state index is 13.3. The molecule has 0 aliphatic carbocycles. The molecule has 0 unspecified atom stereocenters. The Hall–Kier alpha value is -3.36. The number of methoxy groups -OCH3 is 1. The number of morpholine rings is 1. The minimum absolute atomic E-state index is 0.165. The topological polar surface area (TPSA) is 86.9 Å². The molecule has 8 nitrogen and oxygen atoms in total. The molecule has 1 aliphatic heterocycles. The van der Waals surface area contributed by atoms with E-state index < -0.39 is 0 Å². The predicted octanol–water partition coefficient (Wildman–Crippen LogP) is 3.91. The zero-order chi connectivity index (χ0) is 24.8. The van der Waals surface area contributed by atoms with Crippen molar-refractivity contribution in [2.24, 2.45) is 0 Å². The van der Waals surface area contributed by atoms with Crippen molar-refractivity contribution in [2.45, 2.75) is 26.8 Å². The standard InChI is InChI=1S/C27H34N4O4/c1-19-5-6-21-17-22(26(32)29-25(21)20(19)2)18-31(12-4-11-30-13-15-35-16-14-30)27(33)28-23-7-9-24(34-3)10-8-23/h5-10,17H,4,11-16,18H2,1-3H3,(H,28,33)(H,29,32). The zero-order valence-corrected chi connectivity index (χ0v) is 20.7. The molecule has 3 aromatic rings. The molecule has 1 aromatic heterocycles. The summed E-state index contributed by atoms with van der Waals surface area (Å²) in [6.07, 6.45) is 0.805. The number of nitrogens with one attached hydrogen (secondary N) is 2. The largest absolute Gasteiger partial charge is 0.497 e. The van der Waals surface area contributed by atoms with E-state index in [9.17, 15) is 9.59 Å². The van der Waals surface area contributed by atoms with Gasteiger partial charge in [-0.25, -0.2) is 4.79 Å². The molecule has 0 radical (unpaired) electrons. The maximum Gasteiger partial charge on any atom is 0.322 e. The van der Waals surface area contributed by atoms with Crippen LogP contribution in [0.2, 0.25) is 0 Å². The van der Waals surface area contributed by atoms with Gasteiger partial charge in [0.25, 0.3) is 5.56 Å². The molecule has 2 N–H and O–H groups in total. The molecule has 0 atom stereocenters. The summed E-state index contributed by atoms with van der Waals surface area (Å²) in [5.74, 6) is 0.721. The Bertz CT molecular complexity index is 1220. The third-order valence-electron chi connectivity index (χ3n) is 6.62. The van der Waals surface area contributed by atoms with Crippen LogP contribution in [0.15, 0.2) is 47.3 Å². The molecule has 1 fully saturated rings. The van der Waals surface area contributed by atoms with Crippen LogP contribution < -0.4 is 15.6 Å². The summed E-state index contributed by atoms with van der Waals surface area (Å²) in [5.41, 5.74) is 4.11. The number of anilines is 1. The number of ether oxygens (including phenoxy) is 2. The number of H-pyrrole nitrogens is 1. The van der Waals surface area contributed by atoms with Crippen molar-refractivity contribution in [3.63, 3.8) is 0 Å². The molecule has 0 spiro atoms. The van der Waals surface area contributed by atoms with Crippen molar-refractivity contribution < 1.29 is 14.3 Å². The molecule has 35 heavy (non-hydrogen) atoms. The first-order chi connectivity index (χ1) is 16.9. The highest BCUT2D eigenvalue weighted by Gasteiger charge is 2.18. The first-order valence-corrected chi connectivity index (χ1v) is 12.1. The normalized spacial score (nSPS) is 14.1. The highest BCUT2D eigenvalue weighted by atomic mass is 16.5. The van der Waals surface area contributed by atoms with Crippen molar-refractivity contribution in [2.75, 3.05) is 51.8 Å². The Morgan fingerprint density at radius 3 is 2.60 bits per heavy atom. The quantitative estimate of drug-likeness (QED) is 0.513. The fraction of sp³-hybridized carbons (Fsp3) is 0.407. The van der Waals surface area contributed by atoms with Crippen LogP contribution in [0.3, 0.4) is 0 Å². The first-order valence-electron chi connectivity index (χ1n) is 12.1. The number of carbonyl (C=O) groups excluding carboxylic acids is 1. The van der Waals surface area contributed by atoms with E-state index >= 15 is 0 Å². The van der Waals surface area contributed by atoms with E-state index in [4.69, 9.17) is 9.47 Å². The highest BCUT2D eigenvalue weighted by Crippen LogP contribution is 2.20. The maximum atomic E-state index is 13.3. The van der Waals surface area contributed by atoms with E-state index in [1.165, 1.54) is 0 Å². The number of aromatic nitrogens is 1. The summed E-state index contributed by atoms with van der Waals surface area (Å²) in [4.78, 5) is 33.3. The van der Waals surface area contributed by atoms with Gasteiger partial charge in [-0.2, -0.15) is 0 Å². The number of rotatable bonds is 8. The monoisotopic (exact) mass is 478 g/mol. The van der Waals surface area contributed by atoms with Gasteiger partial charge in [-0.3, -0.25) is 9.69 Å². The van der Waals surface area contributed by atoms with Gasteiger partial charge in [-0.1, -0.05) is 12.1 Å². The Morgan fingerprint density at radius 2 is 1.89 bits per heavy atom. The van der Waals surface area contributed by atoms with Gasteiger partial charge < -0.3 is 24.7 Å².